The summed E-state index contributed by atoms with van der Waals surface area (Å²) in [6, 6.07) is 11.2. The van der Waals surface area contributed by atoms with Gasteiger partial charge >= 0.3 is 0 Å². The zero-order chi connectivity index (χ0) is 20.2. The summed E-state index contributed by atoms with van der Waals surface area (Å²) in [5.74, 6) is 2.16. The standard InChI is InChI=1S/C21H24N4O4/c1-16(26)25(17-5-6-18-19(14-17)29-15-28-18)9-7-21(27)24-12-10-23(11-13-24)20-4-2-3-8-22-20/h2-6,8,14H,7,9-13,15H2,1H3. The average Bonchev–Trinajstić information content (AvgIpc) is 3.22. The molecule has 29 heavy (non-hydrogen) atoms. The highest BCUT2D eigenvalue weighted by Crippen LogP contribution is 2.35. The highest BCUT2D eigenvalue weighted by molar-refractivity contribution is 5.92. The molecule has 3 heterocycles. The summed E-state index contributed by atoms with van der Waals surface area (Å²) in [7, 11) is 0. The van der Waals surface area contributed by atoms with E-state index >= 15 is 0 Å². The third kappa shape index (κ3) is 4.26. The molecule has 1 aromatic carbocycles. The van der Waals surface area contributed by atoms with Crippen LogP contribution in [0.4, 0.5) is 11.5 Å². The molecule has 8 nitrogen and oxygen atoms in total. The maximum absolute atomic E-state index is 12.7. The number of amides is 2. The van der Waals surface area contributed by atoms with Crippen molar-refractivity contribution in [2.24, 2.45) is 0 Å². The molecule has 0 radical (unpaired) electrons. The molecular formula is C21H24N4O4. The van der Waals surface area contributed by atoms with E-state index in [9.17, 15) is 9.59 Å². The number of piperazine rings is 1. The van der Waals surface area contributed by atoms with Gasteiger partial charge in [-0.25, -0.2) is 4.98 Å². The number of rotatable bonds is 5. The minimum Gasteiger partial charge on any atom is -0.454 e. The van der Waals surface area contributed by atoms with Gasteiger partial charge in [-0.1, -0.05) is 6.07 Å². The zero-order valence-electron chi connectivity index (χ0n) is 16.4. The summed E-state index contributed by atoms with van der Waals surface area (Å²) in [6.07, 6.45) is 2.05. The van der Waals surface area contributed by atoms with E-state index in [4.69, 9.17) is 9.47 Å². The van der Waals surface area contributed by atoms with E-state index in [1.165, 1.54) is 6.92 Å². The Morgan fingerprint density at radius 1 is 1.07 bits per heavy atom. The maximum atomic E-state index is 12.7. The second-order valence-electron chi connectivity index (χ2n) is 7.01. The molecule has 0 spiro atoms. The second kappa shape index (κ2) is 8.38. The van der Waals surface area contributed by atoms with E-state index in [2.05, 4.69) is 9.88 Å². The first-order valence-corrected chi connectivity index (χ1v) is 9.73. The van der Waals surface area contributed by atoms with Gasteiger partial charge in [0, 0.05) is 64.0 Å². The van der Waals surface area contributed by atoms with Crippen LogP contribution in [-0.4, -0.2) is 61.2 Å². The molecule has 0 saturated carbocycles. The lowest BCUT2D eigenvalue weighted by atomic mass is 10.2. The van der Waals surface area contributed by atoms with Crippen molar-refractivity contribution in [3.8, 4) is 11.5 Å². The van der Waals surface area contributed by atoms with Crippen LogP contribution in [0.5, 0.6) is 11.5 Å². The third-order valence-electron chi connectivity index (χ3n) is 5.20. The van der Waals surface area contributed by atoms with Crippen molar-refractivity contribution in [3.63, 3.8) is 0 Å². The highest BCUT2D eigenvalue weighted by Gasteiger charge is 2.23. The second-order valence-corrected chi connectivity index (χ2v) is 7.01. The molecule has 1 aromatic heterocycles. The van der Waals surface area contributed by atoms with Crippen molar-refractivity contribution in [1.82, 2.24) is 9.88 Å². The molecule has 2 aliphatic heterocycles. The van der Waals surface area contributed by atoms with Crippen molar-refractivity contribution < 1.29 is 19.1 Å². The Morgan fingerprint density at radius 3 is 2.59 bits per heavy atom. The van der Waals surface area contributed by atoms with Crippen LogP contribution in [0.1, 0.15) is 13.3 Å². The van der Waals surface area contributed by atoms with Gasteiger partial charge in [-0.2, -0.15) is 0 Å². The summed E-state index contributed by atoms with van der Waals surface area (Å²) in [6.45, 7) is 4.82. The fourth-order valence-electron chi connectivity index (χ4n) is 3.61. The largest absolute Gasteiger partial charge is 0.454 e. The number of pyridine rings is 1. The summed E-state index contributed by atoms with van der Waals surface area (Å²) in [5.41, 5.74) is 0.703. The molecule has 2 amide bonds. The number of anilines is 2. The van der Waals surface area contributed by atoms with Crippen molar-refractivity contribution in [2.75, 3.05) is 49.3 Å². The third-order valence-corrected chi connectivity index (χ3v) is 5.20. The molecule has 1 saturated heterocycles. The first-order chi connectivity index (χ1) is 14.1. The number of hydrogen-bond acceptors (Lipinski definition) is 6. The lowest BCUT2D eigenvalue weighted by Crippen LogP contribution is -2.49. The Kier molecular flexibility index (Phi) is 5.50. The van der Waals surface area contributed by atoms with Crippen LogP contribution in [0, 0.1) is 0 Å². The Bertz CT molecular complexity index is 882. The number of ether oxygens (including phenoxy) is 2. The quantitative estimate of drug-likeness (QED) is 0.769. The zero-order valence-corrected chi connectivity index (χ0v) is 16.4. The van der Waals surface area contributed by atoms with E-state index in [0.717, 1.165) is 18.9 Å². The summed E-state index contributed by atoms with van der Waals surface area (Å²) in [5, 5.41) is 0. The molecule has 0 bridgehead atoms. The van der Waals surface area contributed by atoms with Crippen LogP contribution in [-0.2, 0) is 9.59 Å². The number of carbonyl (C=O) groups is 2. The molecule has 1 fully saturated rings. The number of benzene rings is 1. The van der Waals surface area contributed by atoms with Gasteiger partial charge in [0.15, 0.2) is 11.5 Å². The molecule has 8 heteroatoms. The highest BCUT2D eigenvalue weighted by atomic mass is 16.7. The van der Waals surface area contributed by atoms with Crippen LogP contribution >= 0.6 is 0 Å². The molecule has 0 aliphatic carbocycles. The van der Waals surface area contributed by atoms with E-state index in [-0.39, 0.29) is 25.0 Å². The molecule has 0 unspecified atom stereocenters. The predicted molar refractivity (Wildman–Crippen MR) is 108 cm³/mol. The summed E-state index contributed by atoms with van der Waals surface area (Å²) >= 11 is 0. The normalized spacial score (nSPS) is 15.3. The number of carbonyl (C=O) groups excluding carboxylic acids is 2. The van der Waals surface area contributed by atoms with Gasteiger partial charge in [0.1, 0.15) is 5.82 Å². The minimum atomic E-state index is -0.114. The van der Waals surface area contributed by atoms with Crippen molar-refractivity contribution in [3.05, 3.63) is 42.6 Å². The SMILES string of the molecule is CC(=O)N(CCC(=O)N1CCN(c2ccccn2)CC1)c1ccc2c(c1)OCO2. The maximum Gasteiger partial charge on any atom is 0.231 e. The lowest BCUT2D eigenvalue weighted by Gasteiger charge is -2.35. The average molecular weight is 396 g/mol. The number of hydrogen-bond donors (Lipinski definition) is 0. The van der Waals surface area contributed by atoms with E-state index in [0.29, 0.717) is 36.8 Å². The summed E-state index contributed by atoms with van der Waals surface area (Å²) in [4.78, 5) is 34.9. The molecule has 0 N–H and O–H groups in total. The van der Waals surface area contributed by atoms with Crippen molar-refractivity contribution >= 4 is 23.3 Å². The topological polar surface area (TPSA) is 75.2 Å². The Balaban J connectivity index is 1.33. The number of fused-ring (bicyclic) bond motifs is 1. The summed E-state index contributed by atoms with van der Waals surface area (Å²) < 4.78 is 10.7. The Labute approximate surface area is 169 Å². The Morgan fingerprint density at radius 2 is 1.86 bits per heavy atom. The Hall–Kier alpha value is -3.29. The van der Waals surface area contributed by atoms with E-state index in [1.54, 1.807) is 23.2 Å². The fourth-order valence-corrected chi connectivity index (χ4v) is 3.61. The van der Waals surface area contributed by atoms with Crippen molar-refractivity contribution in [2.45, 2.75) is 13.3 Å². The molecular weight excluding hydrogens is 372 g/mol. The van der Waals surface area contributed by atoms with Crippen LogP contribution in [0.3, 0.4) is 0 Å². The van der Waals surface area contributed by atoms with Gasteiger partial charge in [0.25, 0.3) is 0 Å². The minimum absolute atomic E-state index is 0.0534. The molecule has 152 valence electrons. The smallest absolute Gasteiger partial charge is 0.231 e. The van der Waals surface area contributed by atoms with Crippen LogP contribution in [0.2, 0.25) is 0 Å². The molecule has 0 atom stereocenters. The van der Waals surface area contributed by atoms with Crippen LogP contribution < -0.4 is 19.3 Å². The van der Waals surface area contributed by atoms with E-state index in [1.807, 2.05) is 29.2 Å². The van der Waals surface area contributed by atoms with Gasteiger partial charge in [-0.3, -0.25) is 9.59 Å². The van der Waals surface area contributed by atoms with Gasteiger partial charge in [0.05, 0.1) is 0 Å². The van der Waals surface area contributed by atoms with Gasteiger partial charge in [-0.15, -0.1) is 0 Å². The van der Waals surface area contributed by atoms with Gasteiger partial charge in [0.2, 0.25) is 18.6 Å². The predicted octanol–water partition coefficient (Wildman–Crippen LogP) is 1.90. The van der Waals surface area contributed by atoms with E-state index < -0.39 is 0 Å². The van der Waals surface area contributed by atoms with Crippen molar-refractivity contribution in [1.29, 1.82) is 0 Å². The monoisotopic (exact) mass is 396 g/mol. The van der Waals surface area contributed by atoms with Gasteiger partial charge < -0.3 is 24.2 Å². The molecule has 2 aliphatic rings. The number of aromatic nitrogens is 1. The molecule has 2 aromatic rings. The number of nitrogens with zero attached hydrogens (tertiary/aromatic N) is 4. The lowest BCUT2D eigenvalue weighted by molar-refractivity contribution is -0.131. The first-order valence-electron chi connectivity index (χ1n) is 9.73. The van der Waals surface area contributed by atoms with Gasteiger partial charge in [-0.05, 0) is 24.3 Å². The molecule has 4 rings (SSSR count). The first kappa shape index (κ1) is 19.0. The fraction of sp³-hybridized carbons (Fsp3) is 0.381. The van der Waals surface area contributed by atoms with Crippen LogP contribution in [0.15, 0.2) is 42.6 Å². The van der Waals surface area contributed by atoms with Crippen LogP contribution in [0.25, 0.3) is 0 Å².